The van der Waals surface area contributed by atoms with Crippen molar-refractivity contribution in [1.29, 1.82) is 0 Å². The third-order valence-corrected chi connectivity index (χ3v) is 15.9. The van der Waals surface area contributed by atoms with Gasteiger partial charge in [0.1, 0.15) is 39.6 Å². The second kappa shape index (κ2) is 49.4. The number of alkyl halides is 1. The number of unbranched alkanes of at least 4 members (excludes halogenated alkanes) is 8. The molecule has 0 amide bonds. The van der Waals surface area contributed by atoms with Crippen molar-refractivity contribution in [3.63, 3.8) is 0 Å². The number of rotatable bonds is 50. The highest BCUT2D eigenvalue weighted by atomic mass is 127. The van der Waals surface area contributed by atoms with E-state index >= 15 is 0 Å². The van der Waals surface area contributed by atoms with Crippen LogP contribution in [-0.2, 0) is 57.2 Å². The van der Waals surface area contributed by atoms with E-state index in [9.17, 15) is 28.8 Å². The summed E-state index contributed by atoms with van der Waals surface area (Å²) in [6.45, 7) is 13.9. The summed E-state index contributed by atoms with van der Waals surface area (Å²) < 4.78 is 33.5. The van der Waals surface area contributed by atoms with E-state index in [0.717, 1.165) is 60.5 Å². The van der Waals surface area contributed by atoms with E-state index in [1.54, 1.807) is 35.3 Å². The highest BCUT2D eigenvalue weighted by Crippen LogP contribution is 2.16. The molecule has 0 aliphatic rings. The van der Waals surface area contributed by atoms with Crippen molar-refractivity contribution in [2.45, 2.75) is 137 Å². The zero-order chi connectivity index (χ0) is 52.7. The van der Waals surface area contributed by atoms with Crippen molar-refractivity contribution in [1.82, 2.24) is 14.7 Å². The highest BCUT2D eigenvalue weighted by molar-refractivity contribution is 14.1. The van der Waals surface area contributed by atoms with Crippen LogP contribution in [0.1, 0.15) is 137 Å². The molecule has 0 N–H and O–H groups in total. The van der Waals surface area contributed by atoms with Gasteiger partial charge in [0.2, 0.25) is 0 Å². The van der Waals surface area contributed by atoms with E-state index in [4.69, 9.17) is 28.4 Å². The molecule has 0 aromatic heterocycles. The van der Waals surface area contributed by atoms with E-state index in [-0.39, 0.29) is 101 Å². The van der Waals surface area contributed by atoms with Gasteiger partial charge in [-0.1, -0.05) is 102 Å². The Balaban J connectivity index is 5.16. The first-order valence-corrected chi connectivity index (χ1v) is 31.6. The molecule has 0 aliphatic heterocycles. The first-order chi connectivity index (χ1) is 34.2. The van der Waals surface area contributed by atoms with Crippen LogP contribution < -0.4 is 0 Å². The van der Waals surface area contributed by atoms with Gasteiger partial charge in [-0.2, -0.15) is 35.3 Å². The number of hydrogen-bond acceptors (Lipinski definition) is 18. The van der Waals surface area contributed by atoms with Crippen molar-refractivity contribution < 1.29 is 57.2 Å². The topological polar surface area (TPSA) is 168 Å². The van der Waals surface area contributed by atoms with Gasteiger partial charge in [0.25, 0.3) is 0 Å². The third kappa shape index (κ3) is 44.5. The second-order valence-corrected chi connectivity index (χ2v) is 22.9. The molecule has 0 aromatic rings. The van der Waals surface area contributed by atoms with Crippen LogP contribution in [0.2, 0.25) is 0 Å². The molecule has 416 valence electrons. The fourth-order valence-electron chi connectivity index (χ4n) is 6.81. The van der Waals surface area contributed by atoms with Crippen LogP contribution in [0.5, 0.6) is 0 Å². The Bertz CT molecular complexity index is 1320. The predicted octanol–water partition coefficient (Wildman–Crippen LogP) is 9.24. The Kier molecular flexibility index (Phi) is 48.3. The van der Waals surface area contributed by atoms with E-state index < -0.39 is 11.9 Å². The van der Waals surface area contributed by atoms with E-state index in [0.29, 0.717) is 56.4 Å². The molecule has 0 fully saturated rings. The summed E-state index contributed by atoms with van der Waals surface area (Å²) in [7, 11) is 4.04. The Morgan fingerprint density at radius 3 is 1.04 bits per heavy atom. The first-order valence-electron chi connectivity index (χ1n) is 26.6. The molecule has 0 heterocycles. The summed E-state index contributed by atoms with van der Waals surface area (Å²) in [6.07, 6.45) is 15.0. The molecule has 0 saturated heterocycles. The summed E-state index contributed by atoms with van der Waals surface area (Å²) in [5, 5.41) is 0. The number of carbonyl (C=O) groups is 6. The summed E-state index contributed by atoms with van der Waals surface area (Å²) in [4.78, 5) is 82.1. The van der Waals surface area contributed by atoms with Crippen LogP contribution in [0.3, 0.4) is 0 Å². The van der Waals surface area contributed by atoms with Crippen LogP contribution in [-0.4, -0.2) is 189 Å². The summed E-state index contributed by atoms with van der Waals surface area (Å²) >= 11 is 7.67. The normalized spacial score (nSPS) is 12.7. The number of esters is 6. The van der Waals surface area contributed by atoms with Gasteiger partial charge in [-0.25, -0.2) is 0 Å². The minimum absolute atomic E-state index is 0.00749. The van der Waals surface area contributed by atoms with Crippen LogP contribution >= 0.6 is 57.9 Å². The highest BCUT2D eigenvalue weighted by Gasteiger charge is 2.19. The molecule has 3 unspecified atom stereocenters. The van der Waals surface area contributed by atoms with Crippen LogP contribution in [0.4, 0.5) is 0 Å². The summed E-state index contributed by atoms with van der Waals surface area (Å²) in [6, 6.07) is 0. The molecule has 0 radical (unpaired) electrons. The average molecular weight is 1180 g/mol. The first kappa shape index (κ1) is 69.5. The summed E-state index contributed by atoms with van der Waals surface area (Å²) in [5.41, 5.74) is 0. The number of thioether (sulfide) groups is 3. The standard InChI is InChI=1S/C52H96IN3O12S3/c1-8-10-12-16-38-69-41-44(3)50(60)66-35-32-63-47(57)21-29-55(26-19-25-54(6)7)27-20-28-56(30-22-48(58)64-33-36-67-51(61)45(4)42-70-39-17-13-11-9-2)31-23-49(59)65-34-37-68-52(62)46(5)43-71-40-18-14-15-24-53/h44-46H,8-43H2,1-7H3. The maximum absolute atomic E-state index is 12.8. The van der Waals surface area contributed by atoms with E-state index in [2.05, 4.69) is 46.2 Å². The van der Waals surface area contributed by atoms with Gasteiger partial charge in [-0.15, -0.1) is 0 Å². The van der Waals surface area contributed by atoms with Crippen molar-refractivity contribution in [3.05, 3.63) is 0 Å². The lowest BCUT2D eigenvalue weighted by atomic mass is 10.2. The number of hydrogen-bond donors (Lipinski definition) is 0. The number of nitrogens with zero attached hydrogens (tertiary/aromatic N) is 3. The van der Waals surface area contributed by atoms with Gasteiger partial charge in [0.15, 0.2) is 0 Å². The lowest BCUT2D eigenvalue weighted by molar-refractivity contribution is -0.154. The van der Waals surface area contributed by atoms with Gasteiger partial charge in [0.05, 0.1) is 37.0 Å². The van der Waals surface area contributed by atoms with Crippen molar-refractivity contribution >= 4 is 93.7 Å². The third-order valence-electron chi connectivity index (χ3n) is 11.2. The number of carbonyl (C=O) groups excluding carboxylic acids is 6. The minimum Gasteiger partial charge on any atom is -0.462 e. The molecular formula is C52H96IN3O12S3. The van der Waals surface area contributed by atoms with E-state index in [1.165, 1.54) is 51.4 Å². The monoisotopic (exact) mass is 1180 g/mol. The molecule has 0 aromatic carbocycles. The predicted molar refractivity (Wildman–Crippen MR) is 301 cm³/mol. The summed E-state index contributed by atoms with van der Waals surface area (Å²) in [5.74, 6) is 2.35. The molecular weight excluding hydrogens is 1080 g/mol. The SMILES string of the molecule is CCCCCCSCC(C)C(=O)OCCOC(=O)CCN(CCCN(C)C)CCCN(CCC(=O)OCCOC(=O)C(C)CSCCCCCC)CCC(=O)OCCOC(=O)C(C)CSCCCCCI. The van der Waals surface area contributed by atoms with Crippen molar-refractivity contribution in [3.8, 4) is 0 Å². The largest absolute Gasteiger partial charge is 0.462 e. The van der Waals surface area contributed by atoms with Gasteiger partial charge in [-0.3, -0.25) is 28.8 Å². The van der Waals surface area contributed by atoms with Crippen molar-refractivity contribution in [2.24, 2.45) is 17.8 Å². The Morgan fingerprint density at radius 2 is 0.718 bits per heavy atom. The van der Waals surface area contributed by atoms with Gasteiger partial charge >= 0.3 is 35.8 Å². The number of ether oxygens (including phenoxy) is 6. The maximum Gasteiger partial charge on any atom is 0.309 e. The maximum atomic E-state index is 12.8. The zero-order valence-electron chi connectivity index (χ0n) is 45.0. The molecule has 0 saturated carbocycles. The second-order valence-electron chi connectivity index (χ2n) is 18.4. The number of halogens is 1. The fraction of sp³-hybridized carbons (Fsp3) is 0.885. The quantitative estimate of drug-likeness (QED) is 0.0186. The molecule has 15 nitrogen and oxygen atoms in total. The van der Waals surface area contributed by atoms with Gasteiger partial charge in [0, 0.05) is 36.9 Å². The van der Waals surface area contributed by atoms with Crippen LogP contribution in [0, 0.1) is 17.8 Å². The molecule has 0 rings (SSSR count). The lowest BCUT2D eigenvalue weighted by Gasteiger charge is -2.26. The molecule has 0 bridgehead atoms. The average Bonchev–Trinajstić information content (AvgIpc) is 3.35. The van der Waals surface area contributed by atoms with E-state index in [1.807, 2.05) is 39.8 Å². The van der Waals surface area contributed by atoms with Crippen LogP contribution in [0.15, 0.2) is 0 Å². The van der Waals surface area contributed by atoms with Crippen LogP contribution in [0.25, 0.3) is 0 Å². The molecule has 3 atom stereocenters. The molecule has 19 heteroatoms. The Morgan fingerprint density at radius 1 is 0.408 bits per heavy atom. The Hall–Kier alpha value is -1.52. The Labute approximate surface area is 456 Å². The minimum atomic E-state index is -0.435. The molecule has 0 aliphatic carbocycles. The smallest absolute Gasteiger partial charge is 0.309 e. The molecule has 0 spiro atoms. The van der Waals surface area contributed by atoms with Gasteiger partial charge in [-0.05, 0) is 100 Å². The lowest BCUT2D eigenvalue weighted by Crippen LogP contribution is -2.35. The fourth-order valence-corrected chi connectivity index (χ4v) is 10.5. The zero-order valence-corrected chi connectivity index (χ0v) is 49.6. The van der Waals surface area contributed by atoms with Gasteiger partial charge < -0.3 is 43.1 Å². The van der Waals surface area contributed by atoms with Crippen molar-refractivity contribution in [2.75, 3.05) is 138 Å². The molecule has 71 heavy (non-hydrogen) atoms.